The van der Waals surface area contributed by atoms with E-state index in [2.05, 4.69) is 5.32 Å². The minimum absolute atomic E-state index is 0.0880. The van der Waals surface area contributed by atoms with E-state index in [1.807, 2.05) is 12.1 Å². The van der Waals surface area contributed by atoms with Crippen LogP contribution in [-0.2, 0) is 9.53 Å². The molecule has 1 aliphatic rings. The largest absolute Gasteiger partial charge is 0.504 e. The van der Waals surface area contributed by atoms with E-state index in [0.29, 0.717) is 18.1 Å². The number of ether oxygens (including phenoxy) is 2. The molecule has 1 saturated heterocycles. The zero-order valence-electron chi connectivity index (χ0n) is 13.3. The van der Waals surface area contributed by atoms with Crippen LogP contribution in [-0.4, -0.2) is 38.4 Å². The Morgan fingerprint density at radius 1 is 1.36 bits per heavy atom. The van der Waals surface area contributed by atoms with Gasteiger partial charge in [0, 0.05) is 0 Å². The van der Waals surface area contributed by atoms with Gasteiger partial charge in [-0.15, -0.1) is 0 Å². The second kappa shape index (κ2) is 8.03. The van der Waals surface area contributed by atoms with Crippen LogP contribution in [0.5, 0.6) is 11.5 Å². The zero-order valence-corrected chi connectivity index (χ0v) is 13.3. The Labute approximate surface area is 131 Å². The lowest BCUT2D eigenvalue weighted by Gasteiger charge is -2.27. The molecule has 1 heterocycles. The summed E-state index contributed by atoms with van der Waals surface area (Å²) >= 11 is 0. The Bertz CT molecular complexity index is 497. The van der Waals surface area contributed by atoms with E-state index in [9.17, 15) is 9.90 Å². The number of carbonyl (C=O) groups excluding carboxylic acids is 1. The van der Waals surface area contributed by atoms with Crippen LogP contribution in [0.25, 0.3) is 0 Å². The summed E-state index contributed by atoms with van der Waals surface area (Å²) < 4.78 is 10.0. The molecule has 0 saturated carbocycles. The number of aromatic hydroxyl groups is 1. The predicted molar refractivity (Wildman–Crippen MR) is 84.2 cm³/mol. The predicted octanol–water partition coefficient (Wildman–Crippen LogP) is 2.44. The first-order chi connectivity index (χ1) is 10.6. The summed E-state index contributed by atoms with van der Waals surface area (Å²) in [6, 6.07) is 5.32. The van der Waals surface area contributed by atoms with E-state index in [1.165, 1.54) is 14.2 Å². The normalized spacial score (nSPS) is 17.0. The third-order valence-electron chi connectivity index (χ3n) is 4.39. The lowest BCUT2D eigenvalue weighted by Crippen LogP contribution is -2.29. The van der Waals surface area contributed by atoms with Crippen LogP contribution >= 0.6 is 0 Å². The van der Waals surface area contributed by atoms with Crippen molar-refractivity contribution >= 4 is 5.97 Å². The molecular weight excluding hydrogens is 282 g/mol. The molecule has 0 aromatic heterocycles. The van der Waals surface area contributed by atoms with E-state index in [-0.39, 0.29) is 17.6 Å². The number of rotatable bonds is 6. The quantitative estimate of drug-likeness (QED) is 0.790. The molecule has 2 N–H and O–H groups in total. The second-order valence-corrected chi connectivity index (χ2v) is 5.84. The van der Waals surface area contributed by atoms with E-state index >= 15 is 0 Å². The summed E-state index contributed by atoms with van der Waals surface area (Å²) in [6.07, 6.45) is 3.57. The van der Waals surface area contributed by atoms with Crippen molar-refractivity contribution in [3.05, 3.63) is 23.8 Å². The Kier molecular flexibility index (Phi) is 6.07. The van der Waals surface area contributed by atoms with Gasteiger partial charge in [-0.1, -0.05) is 6.07 Å². The monoisotopic (exact) mass is 307 g/mol. The molecule has 1 unspecified atom stereocenters. The molecule has 5 heteroatoms. The lowest BCUT2D eigenvalue weighted by molar-refractivity contribution is -0.141. The minimum Gasteiger partial charge on any atom is -0.504 e. The van der Waals surface area contributed by atoms with Gasteiger partial charge in [-0.05, 0) is 61.9 Å². The smallest absolute Gasteiger partial charge is 0.306 e. The summed E-state index contributed by atoms with van der Waals surface area (Å²) in [4.78, 5) is 11.7. The van der Waals surface area contributed by atoms with E-state index in [0.717, 1.165) is 37.9 Å². The van der Waals surface area contributed by atoms with E-state index in [1.54, 1.807) is 6.07 Å². The third-order valence-corrected chi connectivity index (χ3v) is 4.39. The van der Waals surface area contributed by atoms with Crippen molar-refractivity contribution in [1.29, 1.82) is 0 Å². The minimum atomic E-state index is -0.203. The Morgan fingerprint density at radius 2 is 2.09 bits per heavy atom. The fourth-order valence-corrected chi connectivity index (χ4v) is 3.09. The van der Waals surface area contributed by atoms with Gasteiger partial charge in [0.25, 0.3) is 0 Å². The van der Waals surface area contributed by atoms with Crippen molar-refractivity contribution in [1.82, 2.24) is 5.32 Å². The van der Waals surface area contributed by atoms with E-state index in [4.69, 9.17) is 9.47 Å². The van der Waals surface area contributed by atoms with Gasteiger partial charge >= 0.3 is 5.97 Å². The molecule has 22 heavy (non-hydrogen) atoms. The summed E-state index contributed by atoms with van der Waals surface area (Å²) in [7, 11) is 2.95. The molecule has 5 nitrogen and oxygen atoms in total. The van der Waals surface area contributed by atoms with Gasteiger partial charge in [0.1, 0.15) is 0 Å². The van der Waals surface area contributed by atoms with Crippen molar-refractivity contribution in [3.63, 3.8) is 0 Å². The highest BCUT2D eigenvalue weighted by Crippen LogP contribution is 2.35. The van der Waals surface area contributed by atoms with Crippen LogP contribution < -0.4 is 10.1 Å². The molecule has 0 aliphatic carbocycles. The maximum atomic E-state index is 11.7. The number of carbonyl (C=O) groups is 1. The fourth-order valence-electron chi connectivity index (χ4n) is 3.09. The first kappa shape index (κ1) is 16.6. The molecule has 1 aromatic rings. The average molecular weight is 307 g/mol. The highest BCUT2D eigenvalue weighted by atomic mass is 16.5. The molecule has 0 radical (unpaired) electrons. The third kappa shape index (κ3) is 4.37. The van der Waals surface area contributed by atoms with Gasteiger partial charge < -0.3 is 19.9 Å². The molecule has 1 aliphatic heterocycles. The van der Waals surface area contributed by atoms with Gasteiger partial charge in [-0.25, -0.2) is 0 Å². The fraction of sp³-hybridized carbons (Fsp3) is 0.588. The number of hydrogen-bond acceptors (Lipinski definition) is 5. The maximum absolute atomic E-state index is 11.7. The summed E-state index contributed by atoms with van der Waals surface area (Å²) in [5.41, 5.74) is 1.01. The maximum Gasteiger partial charge on any atom is 0.306 e. The molecule has 1 aromatic carbocycles. The molecule has 0 amide bonds. The average Bonchev–Trinajstić information content (AvgIpc) is 2.55. The summed E-state index contributed by atoms with van der Waals surface area (Å²) in [5.74, 6) is 1.05. The molecule has 0 spiro atoms. The number of phenols is 1. The second-order valence-electron chi connectivity index (χ2n) is 5.84. The Hall–Kier alpha value is -1.75. The first-order valence-corrected chi connectivity index (χ1v) is 7.78. The van der Waals surface area contributed by atoms with Gasteiger partial charge in [0.15, 0.2) is 11.5 Å². The molecular formula is C17H25NO4. The number of esters is 1. The molecule has 1 atom stereocenters. The van der Waals surface area contributed by atoms with Crippen molar-refractivity contribution in [3.8, 4) is 11.5 Å². The molecule has 0 bridgehead atoms. The highest BCUT2D eigenvalue weighted by molar-refractivity contribution is 5.70. The van der Waals surface area contributed by atoms with Gasteiger partial charge in [0.2, 0.25) is 0 Å². The zero-order chi connectivity index (χ0) is 15.9. The number of hydrogen-bond donors (Lipinski definition) is 2. The number of nitrogens with one attached hydrogen (secondary N) is 1. The summed E-state index contributed by atoms with van der Waals surface area (Å²) in [6.45, 7) is 2.07. The van der Waals surface area contributed by atoms with Crippen molar-refractivity contribution in [2.75, 3.05) is 27.3 Å². The standard InChI is InChI=1S/C17H25NO4/c1-21-16-10-13(3-4-15(16)19)14(11-17(20)22-2)9-12-5-7-18-8-6-12/h3-4,10,12,14,18-19H,5-9,11H2,1-2H3. The van der Waals surface area contributed by atoms with Crippen LogP contribution in [0.1, 0.15) is 37.2 Å². The number of benzene rings is 1. The number of phenolic OH excluding ortho intramolecular Hbond substituents is 1. The van der Waals surface area contributed by atoms with Crippen molar-refractivity contribution in [2.45, 2.75) is 31.6 Å². The van der Waals surface area contributed by atoms with Crippen LogP contribution in [0.15, 0.2) is 18.2 Å². The van der Waals surface area contributed by atoms with E-state index < -0.39 is 0 Å². The first-order valence-electron chi connectivity index (χ1n) is 7.78. The van der Waals surface area contributed by atoms with Crippen molar-refractivity contribution < 1.29 is 19.4 Å². The highest BCUT2D eigenvalue weighted by Gasteiger charge is 2.23. The molecule has 2 rings (SSSR count). The number of piperidine rings is 1. The SMILES string of the molecule is COC(=O)CC(CC1CCNCC1)c1ccc(O)c(OC)c1. The van der Waals surface area contributed by atoms with Crippen LogP contribution in [0.3, 0.4) is 0 Å². The van der Waals surface area contributed by atoms with Gasteiger partial charge in [0.05, 0.1) is 20.6 Å². The Balaban J connectivity index is 2.16. The molecule has 122 valence electrons. The van der Waals surface area contributed by atoms with Crippen molar-refractivity contribution in [2.24, 2.45) is 5.92 Å². The lowest BCUT2D eigenvalue weighted by atomic mass is 9.82. The summed E-state index contributed by atoms with van der Waals surface area (Å²) in [5, 5.41) is 13.1. The van der Waals surface area contributed by atoms with Gasteiger partial charge in [-0.2, -0.15) is 0 Å². The van der Waals surface area contributed by atoms with Gasteiger partial charge in [-0.3, -0.25) is 4.79 Å². The number of methoxy groups -OCH3 is 2. The Morgan fingerprint density at radius 3 is 2.73 bits per heavy atom. The van der Waals surface area contributed by atoms with Crippen LogP contribution in [0.4, 0.5) is 0 Å². The molecule has 1 fully saturated rings. The topological polar surface area (TPSA) is 67.8 Å². The van der Waals surface area contributed by atoms with Crippen LogP contribution in [0.2, 0.25) is 0 Å². The van der Waals surface area contributed by atoms with Crippen LogP contribution in [0, 0.1) is 5.92 Å².